The second kappa shape index (κ2) is 17.0. The summed E-state index contributed by atoms with van der Waals surface area (Å²) in [7, 11) is -3.48. The smallest absolute Gasteiger partial charge is 0.330 e. The summed E-state index contributed by atoms with van der Waals surface area (Å²) in [5.41, 5.74) is 4.03. The van der Waals surface area contributed by atoms with Gasteiger partial charge in [0.25, 0.3) is 0 Å². The SMILES string of the molecule is C=CC(=O)OCCCOc1ccc(C[Si](C)(C)c2ccc([Si-](C)(C)Cc3ccc(OCCCOC(=O)C=C)cc3)c(C)c2)cc1. The van der Waals surface area contributed by atoms with Crippen LogP contribution >= 0.6 is 0 Å². The third-order valence-corrected chi connectivity index (χ3v) is 14.3. The fourth-order valence-corrected chi connectivity index (χ4v) is 11.2. The molecule has 0 amide bonds. The maximum Gasteiger partial charge on any atom is 0.330 e. The third-order valence-electron chi connectivity index (χ3n) is 7.81. The van der Waals surface area contributed by atoms with Crippen molar-refractivity contribution in [2.24, 2.45) is 0 Å². The maximum absolute atomic E-state index is 11.1. The molecule has 0 saturated carbocycles. The van der Waals surface area contributed by atoms with Gasteiger partial charge in [-0.1, -0.05) is 90.6 Å². The Labute approximate surface area is 271 Å². The molecule has 0 aliphatic rings. The Hall–Kier alpha value is -3.89. The molecule has 0 atom stereocenters. The summed E-state index contributed by atoms with van der Waals surface area (Å²) in [6, 6.07) is 26.1. The van der Waals surface area contributed by atoms with Crippen LogP contribution in [0.5, 0.6) is 11.5 Å². The highest BCUT2D eigenvalue weighted by atomic mass is 28.3. The van der Waals surface area contributed by atoms with Gasteiger partial charge in [-0.25, -0.2) is 9.59 Å². The van der Waals surface area contributed by atoms with Gasteiger partial charge in [0.1, 0.15) is 11.5 Å². The molecule has 0 N–H and O–H groups in total. The zero-order valence-electron chi connectivity index (χ0n) is 27.5. The molecule has 0 aromatic heterocycles. The molecule has 0 fully saturated rings. The van der Waals surface area contributed by atoms with Gasteiger partial charge in [-0.3, -0.25) is 0 Å². The lowest BCUT2D eigenvalue weighted by molar-refractivity contribution is -0.138. The second-order valence-electron chi connectivity index (χ2n) is 12.6. The molecule has 3 aromatic rings. The summed E-state index contributed by atoms with van der Waals surface area (Å²) in [5, 5.41) is 2.98. The van der Waals surface area contributed by atoms with Gasteiger partial charge in [0, 0.05) is 25.0 Å². The number of carbonyl (C=O) groups excluding carboxylic acids is 2. The molecular formula is C37H48O6Si2-. The van der Waals surface area contributed by atoms with Crippen molar-refractivity contribution >= 4 is 38.5 Å². The molecule has 0 aliphatic carbocycles. The highest BCUT2D eigenvalue weighted by Gasteiger charge is 2.25. The minimum Gasteiger partial charge on any atom is -0.493 e. The zero-order chi connectivity index (χ0) is 32.9. The molecule has 0 heterocycles. The Morgan fingerprint density at radius 2 is 1.22 bits per heavy atom. The zero-order valence-corrected chi connectivity index (χ0v) is 29.5. The molecular weight excluding hydrogens is 597 g/mol. The van der Waals surface area contributed by atoms with Crippen molar-refractivity contribution in [1.82, 2.24) is 0 Å². The predicted molar refractivity (Wildman–Crippen MR) is 188 cm³/mol. The average Bonchev–Trinajstić information content (AvgIpc) is 3.01. The number of aryl methyl sites for hydroxylation is 1. The Bertz CT molecular complexity index is 1430. The number of carbonyl (C=O) groups is 2. The average molecular weight is 645 g/mol. The molecule has 0 saturated heterocycles. The van der Waals surface area contributed by atoms with Crippen LogP contribution < -0.4 is 19.8 Å². The molecule has 3 rings (SSSR count). The van der Waals surface area contributed by atoms with Crippen LogP contribution in [0.25, 0.3) is 0 Å². The van der Waals surface area contributed by atoms with E-state index in [1.165, 1.54) is 39.2 Å². The van der Waals surface area contributed by atoms with Crippen molar-refractivity contribution in [1.29, 1.82) is 0 Å². The van der Waals surface area contributed by atoms with Gasteiger partial charge >= 0.3 is 11.9 Å². The van der Waals surface area contributed by atoms with E-state index in [2.05, 4.69) is 88.7 Å². The minimum absolute atomic E-state index is 0.323. The number of hydrogen-bond donors (Lipinski definition) is 0. The van der Waals surface area contributed by atoms with E-state index in [1.807, 2.05) is 24.3 Å². The van der Waals surface area contributed by atoms with E-state index >= 15 is 0 Å². The van der Waals surface area contributed by atoms with Gasteiger partial charge in [-0.05, 0) is 37.2 Å². The molecule has 0 spiro atoms. The number of rotatable bonds is 18. The highest BCUT2D eigenvalue weighted by Crippen LogP contribution is 2.20. The second-order valence-corrected chi connectivity index (χ2v) is 21.9. The number of esters is 2. The fraction of sp³-hybridized carbons (Fsp3) is 0.351. The van der Waals surface area contributed by atoms with Crippen molar-refractivity contribution < 1.29 is 28.5 Å². The van der Waals surface area contributed by atoms with Crippen LogP contribution in [0.1, 0.15) is 29.5 Å². The van der Waals surface area contributed by atoms with Gasteiger partial charge < -0.3 is 18.9 Å². The van der Waals surface area contributed by atoms with E-state index < -0.39 is 28.1 Å². The van der Waals surface area contributed by atoms with Gasteiger partial charge in [0.15, 0.2) is 0 Å². The van der Waals surface area contributed by atoms with E-state index in [0.717, 1.165) is 23.6 Å². The van der Waals surface area contributed by atoms with Gasteiger partial charge in [-0.15, -0.1) is 14.1 Å². The molecule has 6 nitrogen and oxygen atoms in total. The summed E-state index contributed by atoms with van der Waals surface area (Å²) in [6.45, 7) is 20.5. The van der Waals surface area contributed by atoms with Gasteiger partial charge in [0.05, 0.1) is 34.5 Å². The largest absolute Gasteiger partial charge is 0.493 e. The summed E-state index contributed by atoms with van der Waals surface area (Å²) >= 11 is 0. The first kappa shape index (κ1) is 35.6. The van der Waals surface area contributed by atoms with E-state index in [9.17, 15) is 9.59 Å². The van der Waals surface area contributed by atoms with E-state index in [0.29, 0.717) is 39.3 Å². The lowest BCUT2D eigenvalue weighted by Gasteiger charge is -2.38. The lowest BCUT2D eigenvalue weighted by Crippen LogP contribution is -2.49. The lowest BCUT2D eigenvalue weighted by atomic mass is 10.2. The number of hydrogen-bond acceptors (Lipinski definition) is 6. The van der Waals surface area contributed by atoms with Crippen molar-refractivity contribution in [2.45, 2.75) is 58.0 Å². The highest BCUT2D eigenvalue weighted by molar-refractivity contribution is 6.91. The Kier molecular flexibility index (Phi) is 13.4. The first-order chi connectivity index (χ1) is 21.4. The third kappa shape index (κ3) is 11.5. The van der Waals surface area contributed by atoms with E-state index in [1.54, 1.807) is 0 Å². The topological polar surface area (TPSA) is 71.1 Å². The van der Waals surface area contributed by atoms with Crippen LogP contribution in [-0.2, 0) is 31.2 Å². The Morgan fingerprint density at radius 3 is 1.69 bits per heavy atom. The first-order valence-electron chi connectivity index (χ1n) is 15.6. The van der Waals surface area contributed by atoms with Crippen molar-refractivity contribution in [3.63, 3.8) is 0 Å². The van der Waals surface area contributed by atoms with E-state index in [4.69, 9.17) is 18.9 Å². The Balaban J connectivity index is 1.54. The van der Waals surface area contributed by atoms with Crippen LogP contribution in [0.3, 0.4) is 0 Å². The molecule has 8 heteroatoms. The molecule has 0 unspecified atom stereocenters. The van der Waals surface area contributed by atoms with Crippen LogP contribution in [0.15, 0.2) is 92.0 Å². The summed E-state index contributed by atoms with van der Waals surface area (Å²) in [6.07, 6.45) is 3.61. The number of benzene rings is 3. The van der Waals surface area contributed by atoms with Crippen LogP contribution in [0.4, 0.5) is 0 Å². The van der Waals surface area contributed by atoms with Crippen molar-refractivity contribution in [2.75, 3.05) is 26.4 Å². The standard InChI is InChI=1S/C37H48O6Si2/c1-8-36(38)42-24-10-22-40-32-16-12-30(13-17-32)27-44(4,5)34-20-21-35(29(3)26-34)45(6,7)28-31-14-18-33(19-15-31)41-23-11-25-43-37(39)9-2/h8-9,12-21,26H,1-2,10-11,22-25,27-28H2,3-7H3/q-1. The molecule has 45 heavy (non-hydrogen) atoms. The molecule has 3 aromatic carbocycles. The van der Waals surface area contributed by atoms with Crippen molar-refractivity contribution in [3.05, 3.63) is 109 Å². The van der Waals surface area contributed by atoms with E-state index in [-0.39, 0.29) is 0 Å². The van der Waals surface area contributed by atoms with Gasteiger partial charge in [-0.2, -0.15) is 18.3 Å². The molecule has 0 aliphatic heterocycles. The quantitative estimate of drug-likeness (QED) is 0.0693. The molecule has 0 radical (unpaired) electrons. The fourth-order valence-electron chi connectivity index (χ4n) is 5.43. The monoisotopic (exact) mass is 644 g/mol. The number of ether oxygens (including phenoxy) is 4. The predicted octanol–water partition coefficient (Wildman–Crippen LogP) is 6.39. The first-order valence-corrected chi connectivity index (χ1v) is 22.0. The van der Waals surface area contributed by atoms with Crippen molar-refractivity contribution in [3.8, 4) is 11.5 Å². The van der Waals surface area contributed by atoms with Crippen LogP contribution in [0.2, 0.25) is 26.2 Å². The van der Waals surface area contributed by atoms with Crippen LogP contribution in [0, 0.1) is 6.92 Å². The maximum atomic E-state index is 11.1. The normalized spacial score (nSPS) is 11.4. The summed E-state index contributed by atoms with van der Waals surface area (Å²) in [5.74, 6) is 0.837. The van der Waals surface area contributed by atoms with Gasteiger partial charge in [0.2, 0.25) is 0 Å². The summed E-state index contributed by atoms with van der Waals surface area (Å²) in [4.78, 5) is 22.2. The summed E-state index contributed by atoms with van der Waals surface area (Å²) < 4.78 is 21.6. The Morgan fingerprint density at radius 1 is 0.733 bits per heavy atom. The van der Waals surface area contributed by atoms with Crippen LogP contribution in [-0.4, -0.2) is 54.5 Å². The minimum atomic E-state index is -1.74. The molecule has 0 bridgehead atoms. The molecule has 241 valence electrons.